The molecule has 20 heavy (non-hydrogen) atoms. The number of anilines is 2. The zero-order valence-electron chi connectivity index (χ0n) is 12.0. The first-order valence-corrected chi connectivity index (χ1v) is 6.54. The Labute approximate surface area is 119 Å². The van der Waals surface area contributed by atoms with E-state index in [4.69, 9.17) is 0 Å². The predicted octanol–water partition coefficient (Wildman–Crippen LogP) is 3.34. The van der Waals surface area contributed by atoms with Gasteiger partial charge in [0.2, 0.25) is 0 Å². The third-order valence-corrected chi connectivity index (χ3v) is 3.24. The summed E-state index contributed by atoms with van der Waals surface area (Å²) in [6.07, 6.45) is 0. The molecule has 0 aromatic heterocycles. The zero-order valence-corrected chi connectivity index (χ0v) is 12.0. The van der Waals surface area contributed by atoms with Gasteiger partial charge in [0, 0.05) is 19.7 Å². The molecule has 4 heteroatoms. The smallest absolute Gasteiger partial charge is 0.121 e. The van der Waals surface area contributed by atoms with E-state index in [-0.39, 0.29) is 17.5 Å². The highest BCUT2D eigenvalue weighted by atomic mass is 16.3. The van der Waals surface area contributed by atoms with Gasteiger partial charge in [0.05, 0.1) is 17.4 Å². The number of nitrogens with zero attached hydrogens (tertiary/aromatic N) is 1. The fourth-order valence-electron chi connectivity index (χ4n) is 2.19. The molecule has 0 saturated carbocycles. The maximum atomic E-state index is 9.90. The fourth-order valence-corrected chi connectivity index (χ4v) is 2.19. The van der Waals surface area contributed by atoms with Crippen molar-refractivity contribution in [2.45, 2.75) is 13.0 Å². The van der Waals surface area contributed by atoms with Gasteiger partial charge >= 0.3 is 0 Å². The lowest BCUT2D eigenvalue weighted by molar-refractivity contribution is 0.451. The van der Waals surface area contributed by atoms with Crippen LogP contribution in [0.15, 0.2) is 42.5 Å². The highest BCUT2D eigenvalue weighted by molar-refractivity contribution is 5.70. The van der Waals surface area contributed by atoms with Crippen molar-refractivity contribution in [3.63, 3.8) is 0 Å². The molecule has 0 saturated heterocycles. The van der Waals surface area contributed by atoms with E-state index in [1.54, 1.807) is 6.07 Å². The normalized spacial score (nSPS) is 11.9. The summed E-state index contributed by atoms with van der Waals surface area (Å²) in [6, 6.07) is 12.4. The van der Waals surface area contributed by atoms with Crippen molar-refractivity contribution in [1.29, 1.82) is 0 Å². The number of para-hydroxylation sites is 2. The molecule has 3 N–H and O–H groups in total. The summed E-state index contributed by atoms with van der Waals surface area (Å²) in [4.78, 5) is 2.03. The standard InChI is InChI=1S/C16H20N2O2/c1-11(13-10-12(19)8-9-16(13)20)17-14-6-4-5-7-15(14)18(2)3/h4-11,17,19-20H,1-3H3. The molecule has 0 bridgehead atoms. The molecule has 0 radical (unpaired) electrons. The molecular formula is C16H20N2O2. The summed E-state index contributed by atoms with van der Waals surface area (Å²) in [5.41, 5.74) is 2.71. The van der Waals surface area contributed by atoms with Gasteiger partial charge in [0.15, 0.2) is 0 Å². The Hall–Kier alpha value is -2.36. The Kier molecular flexibility index (Phi) is 4.03. The summed E-state index contributed by atoms with van der Waals surface area (Å²) < 4.78 is 0. The first-order chi connectivity index (χ1) is 9.49. The Morgan fingerprint density at radius 3 is 2.45 bits per heavy atom. The molecule has 0 aliphatic rings. The second-order valence-electron chi connectivity index (χ2n) is 5.02. The topological polar surface area (TPSA) is 55.7 Å². The number of phenolic OH excluding ortho intramolecular Hbond substituents is 2. The average molecular weight is 272 g/mol. The lowest BCUT2D eigenvalue weighted by Gasteiger charge is -2.22. The molecule has 0 spiro atoms. The number of benzene rings is 2. The van der Waals surface area contributed by atoms with Gasteiger partial charge in [-0.25, -0.2) is 0 Å². The Morgan fingerprint density at radius 2 is 1.75 bits per heavy atom. The number of hydrogen-bond donors (Lipinski definition) is 3. The van der Waals surface area contributed by atoms with E-state index in [1.807, 2.05) is 50.2 Å². The van der Waals surface area contributed by atoms with Crippen molar-refractivity contribution in [1.82, 2.24) is 0 Å². The van der Waals surface area contributed by atoms with Crippen molar-refractivity contribution >= 4 is 11.4 Å². The van der Waals surface area contributed by atoms with Crippen LogP contribution in [0.1, 0.15) is 18.5 Å². The van der Waals surface area contributed by atoms with Gasteiger partial charge in [-0.3, -0.25) is 0 Å². The predicted molar refractivity (Wildman–Crippen MR) is 82.6 cm³/mol. The van der Waals surface area contributed by atoms with E-state index in [0.717, 1.165) is 11.4 Å². The number of phenols is 2. The lowest BCUT2D eigenvalue weighted by Crippen LogP contribution is -2.14. The van der Waals surface area contributed by atoms with Crippen LogP contribution >= 0.6 is 0 Å². The van der Waals surface area contributed by atoms with E-state index >= 15 is 0 Å². The molecule has 0 heterocycles. The molecule has 106 valence electrons. The van der Waals surface area contributed by atoms with Crippen LogP contribution in [0.3, 0.4) is 0 Å². The van der Waals surface area contributed by atoms with Crippen molar-refractivity contribution < 1.29 is 10.2 Å². The van der Waals surface area contributed by atoms with Crippen molar-refractivity contribution in [2.24, 2.45) is 0 Å². The molecule has 0 fully saturated rings. The van der Waals surface area contributed by atoms with Crippen molar-refractivity contribution in [3.8, 4) is 11.5 Å². The number of rotatable bonds is 4. The molecule has 4 nitrogen and oxygen atoms in total. The molecule has 2 rings (SSSR count). The summed E-state index contributed by atoms with van der Waals surface area (Å²) in [5.74, 6) is 0.317. The molecule has 2 aromatic rings. The van der Waals surface area contributed by atoms with Crippen LogP contribution in [0.25, 0.3) is 0 Å². The number of aromatic hydroxyl groups is 2. The minimum atomic E-state index is -0.122. The summed E-state index contributed by atoms with van der Waals surface area (Å²) in [5, 5.41) is 22.8. The molecule has 0 amide bonds. The highest BCUT2D eigenvalue weighted by Crippen LogP contribution is 2.32. The van der Waals surface area contributed by atoms with Gasteiger partial charge in [-0.15, -0.1) is 0 Å². The first kappa shape index (κ1) is 14.1. The van der Waals surface area contributed by atoms with Gasteiger partial charge in [-0.2, -0.15) is 0 Å². The van der Waals surface area contributed by atoms with E-state index in [2.05, 4.69) is 5.32 Å². The van der Waals surface area contributed by atoms with E-state index in [9.17, 15) is 10.2 Å². The van der Waals surface area contributed by atoms with E-state index < -0.39 is 0 Å². The first-order valence-electron chi connectivity index (χ1n) is 6.54. The van der Waals surface area contributed by atoms with E-state index in [1.165, 1.54) is 12.1 Å². The van der Waals surface area contributed by atoms with Crippen LogP contribution in [0, 0.1) is 0 Å². The van der Waals surface area contributed by atoms with Crippen molar-refractivity contribution in [2.75, 3.05) is 24.3 Å². The maximum Gasteiger partial charge on any atom is 0.121 e. The SMILES string of the molecule is CC(Nc1ccccc1N(C)C)c1cc(O)ccc1O. The average Bonchev–Trinajstić information content (AvgIpc) is 2.41. The minimum Gasteiger partial charge on any atom is -0.508 e. The molecule has 1 atom stereocenters. The van der Waals surface area contributed by atoms with Gasteiger partial charge in [-0.05, 0) is 37.3 Å². The third-order valence-electron chi connectivity index (χ3n) is 3.24. The van der Waals surface area contributed by atoms with Crippen LogP contribution in [-0.4, -0.2) is 24.3 Å². The number of nitrogens with one attached hydrogen (secondary N) is 1. The summed E-state index contributed by atoms with van der Waals surface area (Å²) in [7, 11) is 3.97. The largest absolute Gasteiger partial charge is 0.508 e. The molecule has 2 aromatic carbocycles. The van der Waals surface area contributed by atoms with Gasteiger partial charge in [0.1, 0.15) is 11.5 Å². The Bertz CT molecular complexity index is 597. The van der Waals surface area contributed by atoms with Gasteiger partial charge < -0.3 is 20.4 Å². The van der Waals surface area contributed by atoms with Crippen LogP contribution < -0.4 is 10.2 Å². The summed E-state index contributed by atoms with van der Waals surface area (Å²) in [6.45, 7) is 1.95. The van der Waals surface area contributed by atoms with Crippen LogP contribution in [0.4, 0.5) is 11.4 Å². The monoisotopic (exact) mass is 272 g/mol. The van der Waals surface area contributed by atoms with Crippen LogP contribution in [0.5, 0.6) is 11.5 Å². The van der Waals surface area contributed by atoms with Crippen LogP contribution in [0.2, 0.25) is 0 Å². The lowest BCUT2D eigenvalue weighted by atomic mass is 10.1. The fraction of sp³-hybridized carbons (Fsp3) is 0.250. The molecule has 0 aliphatic carbocycles. The molecule has 0 aliphatic heterocycles. The maximum absolute atomic E-state index is 9.90. The summed E-state index contributed by atoms with van der Waals surface area (Å²) >= 11 is 0. The van der Waals surface area contributed by atoms with Crippen LogP contribution in [-0.2, 0) is 0 Å². The third kappa shape index (κ3) is 2.96. The van der Waals surface area contributed by atoms with E-state index in [0.29, 0.717) is 5.56 Å². The quantitative estimate of drug-likeness (QED) is 0.747. The second-order valence-corrected chi connectivity index (χ2v) is 5.02. The number of hydrogen-bond acceptors (Lipinski definition) is 4. The Balaban J connectivity index is 2.28. The zero-order chi connectivity index (χ0) is 14.7. The minimum absolute atomic E-state index is 0.122. The molecule has 1 unspecified atom stereocenters. The highest BCUT2D eigenvalue weighted by Gasteiger charge is 2.13. The molecular weight excluding hydrogens is 252 g/mol. The Morgan fingerprint density at radius 1 is 1.05 bits per heavy atom. The second kappa shape index (κ2) is 5.74. The van der Waals surface area contributed by atoms with Gasteiger partial charge in [0.25, 0.3) is 0 Å². The van der Waals surface area contributed by atoms with Crippen molar-refractivity contribution in [3.05, 3.63) is 48.0 Å². The van der Waals surface area contributed by atoms with Gasteiger partial charge in [-0.1, -0.05) is 12.1 Å².